The maximum Gasteiger partial charge on any atom is 0.313 e. The zero-order valence-electron chi connectivity index (χ0n) is 15.0. The van der Waals surface area contributed by atoms with Gasteiger partial charge < -0.3 is 14.9 Å². The normalized spacial score (nSPS) is 24.7. The number of aromatic amines is 2. The first kappa shape index (κ1) is 18.2. The second-order valence-electron chi connectivity index (χ2n) is 6.97. The van der Waals surface area contributed by atoms with Gasteiger partial charge in [0.15, 0.2) is 0 Å². The maximum absolute atomic E-state index is 12.8. The van der Waals surface area contributed by atoms with E-state index in [-0.39, 0.29) is 18.6 Å². The number of esters is 1. The number of hydrogen-bond acceptors (Lipinski definition) is 4. The molecule has 1 aromatic carbocycles. The molecule has 2 aromatic rings. The van der Waals surface area contributed by atoms with Gasteiger partial charge in [0.2, 0.25) is 0 Å². The number of carbonyl (C=O) groups is 1. The van der Waals surface area contributed by atoms with Crippen LogP contribution in [0.1, 0.15) is 42.1 Å². The highest BCUT2D eigenvalue weighted by molar-refractivity contribution is 5.77. The predicted molar refractivity (Wildman–Crippen MR) is 98.1 cm³/mol. The summed E-state index contributed by atoms with van der Waals surface area (Å²) in [4.78, 5) is 25.2. The highest BCUT2D eigenvalue weighted by atomic mass is 16.5. The number of aryl methyl sites for hydroxylation is 1. The molecule has 0 spiro atoms. The summed E-state index contributed by atoms with van der Waals surface area (Å²) < 4.78 is 5.25. The highest BCUT2D eigenvalue weighted by Crippen LogP contribution is 2.44. The van der Waals surface area contributed by atoms with Crippen molar-refractivity contribution in [2.24, 2.45) is 5.92 Å². The minimum atomic E-state index is -1.36. The Morgan fingerprint density at radius 1 is 1.38 bits per heavy atom. The fraction of sp³-hybridized carbons (Fsp3) is 0.400. The molecule has 6 nitrogen and oxygen atoms in total. The van der Waals surface area contributed by atoms with Crippen LogP contribution in [-0.4, -0.2) is 33.5 Å². The molecule has 0 aliphatic heterocycles. The average molecular weight is 356 g/mol. The lowest BCUT2D eigenvalue weighted by Gasteiger charge is -2.40. The van der Waals surface area contributed by atoms with Crippen LogP contribution in [0.25, 0.3) is 0 Å². The number of benzene rings is 1. The molecule has 0 bridgehead atoms. The summed E-state index contributed by atoms with van der Waals surface area (Å²) in [6.07, 6.45) is 2.54. The van der Waals surface area contributed by atoms with Gasteiger partial charge in [-0.3, -0.25) is 14.7 Å². The topological polar surface area (TPSA) is 95.2 Å². The number of fused-ring (bicyclic) bond motifs is 1. The van der Waals surface area contributed by atoms with E-state index < -0.39 is 23.4 Å². The van der Waals surface area contributed by atoms with Crippen LogP contribution < -0.4 is 5.56 Å². The summed E-state index contributed by atoms with van der Waals surface area (Å²) >= 11 is 0. The summed E-state index contributed by atoms with van der Waals surface area (Å²) in [5, 5.41) is 16.5. The van der Waals surface area contributed by atoms with E-state index in [4.69, 9.17) is 4.74 Å². The standard InChI is InChI=1S/C20H24N2O4/c1-4-10-26-19(24)17-15(13-8-6-12(5-2)7-9-13)16-14(11-20(17,3)25)21-22-18(16)23/h4,6-9,15,17,25H,1,5,10-11H2,2-3H3,(H2,21,22,23)/t15-,17-,20-/m0/s1. The molecular weight excluding hydrogens is 332 g/mol. The molecular formula is C20H24N2O4. The first-order valence-electron chi connectivity index (χ1n) is 8.77. The lowest BCUT2D eigenvalue weighted by atomic mass is 9.66. The number of hydrogen-bond donors (Lipinski definition) is 3. The fourth-order valence-corrected chi connectivity index (χ4v) is 3.81. The van der Waals surface area contributed by atoms with Crippen molar-refractivity contribution < 1.29 is 14.6 Å². The van der Waals surface area contributed by atoms with E-state index in [0.29, 0.717) is 11.3 Å². The number of aliphatic hydroxyl groups is 1. The van der Waals surface area contributed by atoms with Crippen LogP contribution in [0.3, 0.4) is 0 Å². The van der Waals surface area contributed by atoms with Crippen LogP contribution in [-0.2, 0) is 22.4 Å². The molecule has 1 aliphatic rings. The SMILES string of the molecule is C=CCOC(=O)[C@@H]1[C@@H](c2ccc(CC)cc2)c2c([nH][nH]c2=O)C[C@]1(C)O. The molecule has 3 N–H and O–H groups in total. The van der Waals surface area contributed by atoms with Crippen molar-refractivity contribution in [3.8, 4) is 0 Å². The van der Waals surface area contributed by atoms with Crippen LogP contribution in [0.5, 0.6) is 0 Å². The van der Waals surface area contributed by atoms with Gasteiger partial charge in [-0.2, -0.15) is 0 Å². The van der Waals surface area contributed by atoms with Crippen LogP contribution in [0.15, 0.2) is 41.7 Å². The average Bonchev–Trinajstić information content (AvgIpc) is 2.97. The summed E-state index contributed by atoms with van der Waals surface area (Å²) in [5.41, 5.74) is 1.43. The minimum Gasteiger partial charge on any atom is -0.461 e. The second-order valence-corrected chi connectivity index (χ2v) is 6.97. The van der Waals surface area contributed by atoms with E-state index in [9.17, 15) is 14.7 Å². The van der Waals surface area contributed by atoms with Crippen molar-refractivity contribution in [2.45, 2.75) is 38.2 Å². The molecule has 0 saturated carbocycles. The van der Waals surface area contributed by atoms with Gasteiger partial charge >= 0.3 is 5.97 Å². The highest BCUT2D eigenvalue weighted by Gasteiger charge is 2.51. The zero-order chi connectivity index (χ0) is 18.9. The molecule has 26 heavy (non-hydrogen) atoms. The van der Waals surface area contributed by atoms with E-state index in [2.05, 4.69) is 23.7 Å². The van der Waals surface area contributed by atoms with Crippen molar-refractivity contribution >= 4 is 5.97 Å². The van der Waals surface area contributed by atoms with Gasteiger partial charge in [0.1, 0.15) is 6.61 Å². The summed E-state index contributed by atoms with van der Waals surface area (Å²) in [5.74, 6) is -2.02. The number of ether oxygens (including phenoxy) is 1. The molecule has 3 rings (SSSR count). The van der Waals surface area contributed by atoms with Gasteiger partial charge in [-0.05, 0) is 24.5 Å². The van der Waals surface area contributed by atoms with E-state index in [1.54, 1.807) is 6.92 Å². The Morgan fingerprint density at radius 2 is 2.08 bits per heavy atom. The van der Waals surface area contributed by atoms with Crippen LogP contribution in [0.4, 0.5) is 0 Å². The Morgan fingerprint density at radius 3 is 2.69 bits per heavy atom. The van der Waals surface area contributed by atoms with Gasteiger partial charge in [0.25, 0.3) is 5.56 Å². The molecule has 0 saturated heterocycles. The third kappa shape index (κ3) is 3.12. The number of rotatable bonds is 5. The lowest BCUT2D eigenvalue weighted by Crippen LogP contribution is -2.50. The van der Waals surface area contributed by atoms with Gasteiger partial charge in [0.05, 0.1) is 11.5 Å². The van der Waals surface area contributed by atoms with Crippen molar-refractivity contribution in [3.63, 3.8) is 0 Å². The smallest absolute Gasteiger partial charge is 0.313 e. The first-order chi connectivity index (χ1) is 12.4. The molecule has 1 aliphatic carbocycles. The van der Waals surface area contributed by atoms with Crippen LogP contribution >= 0.6 is 0 Å². The number of carbonyl (C=O) groups excluding carboxylic acids is 1. The van der Waals surface area contributed by atoms with Crippen molar-refractivity contribution in [1.29, 1.82) is 0 Å². The molecule has 0 unspecified atom stereocenters. The molecule has 1 heterocycles. The predicted octanol–water partition coefficient (Wildman–Crippen LogP) is 2.05. The monoisotopic (exact) mass is 356 g/mol. The first-order valence-corrected chi connectivity index (χ1v) is 8.77. The van der Waals surface area contributed by atoms with E-state index in [0.717, 1.165) is 17.5 Å². The summed E-state index contributed by atoms with van der Waals surface area (Å²) in [6.45, 7) is 7.28. The molecule has 0 amide bonds. The number of aromatic nitrogens is 2. The summed E-state index contributed by atoms with van der Waals surface area (Å²) in [6, 6.07) is 7.78. The largest absolute Gasteiger partial charge is 0.461 e. The molecule has 3 atom stereocenters. The lowest BCUT2D eigenvalue weighted by molar-refractivity contribution is -0.158. The Hall–Kier alpha value is -2.60. The third-order valence-electron chi connectivity index (χ3n) is 5.09. The maximum atomic E-state index is 12.8. The van der Waals surface area contributed by atoms with Crippen molar-refractivity contribution in [3.05, 3.63) is 69.7 Å². The Balaban J connectivity index is 2.14. The second kappa shape index (κ2) is 6.96. The quantitative estimate of drug-likeness (QED) is 0.564. The van der Waals surface area contributed by atoms with Gasteiger partial charge in [-0.15, -0.1) is 0 Å². The molecule has 0 radical (unpaired) electrons. The molecule has 0 fully saturated rings. The molecule has 138 valence electrons. The van der Waals surface area contributed by atoms with Crippen LogP contribution in [0, 0.1) is 5.92 Å². The zero-order valence-corrected chi connectivity index (χ0v) is 15.0. The minimum absolute atomic E-state index is 0.0588. The molecule has 6 heteroatoms. The van der Waals surface area contributed by atoms with E-state index in [1.807, 2.05) is 24.3 Å². The van der Waals surface area contributed by atoms with E-state index in [1.165, 1.54) is 6.08 Å². The Labute approximate surface area is 151 Å². The fourth-order valence-electron chi connectivity index (χ4n) is 3.81. The van der Waals surface area contributed by atoms with Gasteiger partial charge in [-0.1, -0.05) is 43.8 Å². The molecule has 1 aromatic heterocycles. The summed E-state index contributed by atoms with van der Waals surface area (Å²) in [7, 11) is 0. The number of H-pyrrole nitrogens is 2. The number of nitrogens with one attached hydrogen (secondary N) is 2. The van der Waals surface area contributed by atoms with E-state index >= 15 is 0 Å². The van der Waals surface area contributed by atoms with Gasteiger partial charge in [0, 0.05) is 23.6 Å². The van der Waals surface area contributed by atoms with Crippen LogP contribution in [0.2, 0.25) is 0 Å². The Kier molecular flexibility index (Phi) is 4.87. The van der Waals surface area contributed by atoms with Crippen molar-refractivity contribution in [2.75, 3.05) is 6.61 Å². The Bertz CT molecular complexity index is 861. The third-order valence-corrected chi connectivity index (χ3v) is 5.09. The van der Waals surface area contributed by atoms with Crippen molar-refractivity contribution in [1.82, 2.24) is 10.2 Å². The van der Waals surface area contributed by atoms with Gasteiger partial charge in [-0.25, -0.2) is 0 Å².